The Labute approximate surface area is 104 Å². The van der Waals surface area contributed by atoms with Crippen molar-refractivity contribution in [1.29, 1.82) is 0 Å². The Balaban J connectivity index is 2.32. The molecule has 0 saturated carbocycles. The van der Waals surface area contributed by atoms with Crippen LogP contribution in [0.5, 0.6) is 0 Å². The molecule has 0 aromatic heterocycles. The minimum absolute atomic E-state index is 0.260. The number of nitrogens with two attached hydrogens (primary N) is 1. The molecule has 1 aromatic carbocycles. The molecule has 1 rings (SSSR count). The first-order chi connectivity index (χ1) is 8.03. The highest BCUT2D eigenvalue weighted by Crippen LogP contribution is 2.19. The van der Waals surface area contributed by atoms with Crippen molar-refractivity contribution < 1.29 is 4.74 Å². The van der Waals surface area contributed by atoms with Crippen molar-refractivity contribution >= 4 is 5.69 Å². The maximum atomic E-state index is 5.74. The average Bonchev–Trinajstić information content (AvgIpc) is 2.26. The zero-order valence-corrected chi connectivity index (χ0v) is 11.1. The molecule has 3 heteroatoms. The Hall–Kier alpha value is -1.06. The standard InChI is InChI=1S/C14H24N2O/c1-14(2,7-8-17-3)11-16-10-12-5-4-6-13(15)9-12/h4-6,9,16H,7-8,10-11,15H2,1-3H3. The fourth-order valence-corrected chi connectivity index (χ4v) is 1.72. The molecule has 96 valence electrons. The second-order valence-electron chi connectivity index (χ2n) is 5.26. The van der Waals surface area contributed by atoms with Gasteiger partial charge in [0.25, 0.3) is 0 Å². The van der Waals surface area contributed by atoms with Gasteiger partial charge in [-0.3, -0.25) is 0 Å². The molecular weight excluding hydrogens is 212 g/mol. The maximum absolute atomic E-state index is 5.74. The number of hydrogen-bond donors (Lipinski definition) is 2. The summed E-state index contributed by atoms with van der Waals surface area (Å²) in [5.41, 5.74) is 8.05. The summed E-state index contributed by atoms with van der Waals surface area (Å²) in [4.78, 5) is 0. The zero-order chi connectivity index (χ0) is 12.7. The number of nitrogen functional groups attached to an aromatic ring is 1. The van der Waals surface area contributed by atoms with Crippen LogP contribution in [0.2, 0.25) is 0 Å². The molecule has 0 unspecified atom stereocenters. The second kappa shape index (κ2) is 6.62. The normalized spacial score (nSPS) is 11.7. The molecule has 0 aliphatic heterocycles. The topological polar surface area (TPSA) is 47.3 Å². The van der Waals surface area contributed by atoms with E-state index in [0.717, 1.165) is 31.8 Å². The van der Waals surface area contributed by atoms with Gasteiger partial charge >= 0.3 is 0 Å². The number of benzene rings is 1. The molecule has 0 fully saturated rings. The number of nitrogens with one attached hydrogen (secondary N) is 1. The lowest BCUT2D eigenvalue weighted by atomic mass is 9.89. The Kier molecular flexibility index (Phi) is 5.45. The molecule has 3 nitrogen and oxygen atoms in total. The van der Waals surface area contributed by atoms with Gasteiger partial charge in [-0.05, 0) is 29.5 Å². The molecule has 0 saturated heterocycles. The van der Waals surface area contributed by atoms with Crippen LogP contribution in [0.3, 0.4) is 0 Å². The quantitative estimate of drug-likeness (QED) is 0.715. The van der Waals surface area contributed by atoms with Crippen LogP contribution in [0.15, 0.2) is 24.3 Å². The molecule has 0 spiro atoms. The predicted molar refractivity (Wildman–Crippen MR) is 72.8 cm³/mol. The molecule has 0 atom stereocenters. The molecule has 1 aromatic rings. The molecule has 0 amide bonds. The van der Waals surface area contributed by atoms with Crippen LogP contribution in [0.25, 0.3) is 0 Å². The van der Waals surface area contributed by atoms with Crippen LogP contribution in [0.1, 0.15) is 25.8 Å². The third kappa shape index (κ3) is 5.71. The van der Waals surface area contributed by atoms with E-state index in [4.69, 9.17) is 10.5 Å². The Morgan fingerprint density at radius 3 is 2.76 bits per heavy atom. The number of anilines is 1. The van der Waals surface area contributed by atoms with Crippen LogP contribution in [0, 0.1) is 5.41 Å². The van der Waals surface area contributed by atoms with Crippen LogP contribution in [-0.2, 0) is 11.3 Å². The lowest BCUT2D eigenvalue weighted by Gasteiger charge is -2.24. The van der Waals surface area contributed by atoms with Crippen molar-refractivity contribution in [2.24, 2.45) is 5.41 Å². The van der Waals surface area contributed by atoms with Gasteiger partial charge in [-0.25, -0.2) is 0 Å². The summed E-state index contributed by atoms with van der Waals surface area (Å²) >= 11 is 0. The molecule has 0 aliphatic rings. The number of ether oxygens (including phenoxy) is 1. The minimum atomic E-state index is 0.260. The first-order valence-corrected chi connectivity index (χ1v) is 6.07. The van der Waals surface area contributed by atoms with Crippen LogP contribution < -0.4 is 11.1 Å². The van der Waals surface area contributed by atoms with E-state index in [9.17, 15) is 0 Å². The van der Waals surface area contributed by atoms with Crippen molar-refractivity contribution in [3.8, 4) is 0 Å². The molecule has 0 heterocycles. The van der Waals surface area contributed by atoms with Gasteiger partial charge in [-0.2, -0.15) is 0 Å². The van der Waals surface area contributed by atoms with Gasteiger partial charge in [0.15, 0.2) is 0 Å². The van der Waals surface area contributed by atoms with Gasteiger partial charge in [0.05, 0.1) is 0 Å². The highest BCUT2D eigenvalue weighted by molar-refractivity contribution is 5.40. The Bertz CT molecular complexity index is 337. The summed E-state index contributed by atoms with van der Waals surface area (Å²) in [5.74, 6) is 0. The Morgan fingerprint density at radius 1 is 1.35 bits per heavy atom. The van der Waals surface area contributed by atoms with Crippen molar-refractivity contribution in [3.05, 3.63) is 29.8 Å². The zero-order valence-electron chi connectivity index (χ0n) is 11.1. The first-order valence-electron chi connectivity index (χ1n) is 6.07. The van der Waals surface area contributed by atoms with Gasteiger partial charge < -0.3 is 15.8 Å². The predicted octanol–water partition coefficient (Wildman–Crippen LogP) is 2.42. The lowest BCUT2D eigenvalue weighted by Crippen LogP contribution is -2.30. The van der Waals surface area contributed by atoms with E-state index < -0.39 is 0 Å². The highest BCUT2D eigenvalue weighted by atomic mass is 16.5. The molecule has 3 N–H and O–H groups in total. The van der Waals surface area contributed by atoms with Gasteiger partial charge in [-0.1, -0.05) is 26.0 Å². The van der Waals surface area contributed by atoms with Gasteiger partial charge in [0.2, 0.25) is 0 Å². The largest absolute Gasteiger partial charge is 0.399 e. The van der Waals surface area contributed by atoms with Crippen molar-refractivity contribution in [2.45, 2.75) is 26.8 Å². The van der Waals surface area contributed by atoms with Gasteiger partial charge in [0, 0.05) is 32.5 Å². The summed E-state index contributed by atoms with van der Waals surface area (Å²) in [6, 6.07) is 8.00. The van der Waals surface area contributed by atoms with Crippen molar-refractivity contribution in [3.63, 3.8) is 0 Å². The molecule has 17 heavy (non-hydrogen) atoms. The van der Waals surface area contributed by atoms with E-state index in [1.807, 2.05) is 18.2 Å². The van der Waals surface area contributed by atoms with Gasteiger partial charge in [-0.15, -0.1) is 0 Å². The van der Waals surface area contributed by atoms with Crippen molar-refractivity contribution in [1.82, 2.24) is 5.32 Å². The molecular formula is C14H24N2O. The van der Waals surface area contributed by atoms with E-state index >= 15 is 0 Å². The third-order valence-electron chi connectivity index (χ3n) is 2.87. The fraction of sp³-hybridized carbons (Fsp3) is 0.571. The first kappa shape index (κ1) is 14.0. The Morgan fingerprint density at radius 2 is 2.12 bits per heavy atom. The maximum Gasteiger partial charge on any atom is 0.0467 e. The average molecular weight is 236 g/mol. The lowest BCUT2D eigenvalue weighted by molar-refractivity contribution is 0.150. The summed E-state index contributed by atoms with van der Waals surface area (Å²) < 4.78 is 5.11. The minimum Gasteiger partial charge on any atom is -0.399 e. The monoisotopic (exact) mass is 236 g/mol. The van der Waals surface area contributed by atoms with Gasteiger partial charge in [0.1, 0.15) is 0 Å². The van der Waals surface area contributed by atoms with E-state index in [0.29, 0.717) is 0 Å². The van der Waals surface area contributed by atoms with E-state index in [-0.39, 0.29) is 5.41 Å². The summed E-state index contributed by atoms with van der Waals surface area (Å²) in [7, 11) is 1.75. The second-order valence-corrected chi connectivity index (χ2v) is 5.26. The van der Waals surface area contributed by atoms with E-state index in [1.165, 1.54) is 5.56 Å². The summed E-state index contributed by atoms with van der Waals surface area (Å²) in [5, 5.41) is 3.47. The number of hydrogen-bond acceptors (Lipinski definition) is 3. The molecule has 0 bridgehead atoms. The fourth-order valence-electron chi connectivity index (χ4n) is 1.72. The molecule has 0 aliphatic carbocycles. The smallest absolute Gasteiger partial charge is 0.0467 e. The number of rotatable bonds is 7. The summed E-state index contributed by atoms with van der Waals surface area (Å²) in [6.45, 7) is 7.15. The van der Waals surface area contributed by atoms with Crippen LogP contribution in [0.4, 0.5) is 5.69 Å². The number of methoxy groups -OCH3 is 1. The van der Waals surface area contributed by atoms with E-state index in [1.54, 1.807) is 7.11 Å². The van der Waals surface area contributed by atoms with Crippen LogP contribution >= 0.6 is 0 Å². The SMILES string of the molecule is COCCC(C)(C)CNCc1cccc(N)c1. The van der Waals surface area contributed by atoms with E-state index in [2.05, 4.69) is 25.2 Å². The third-order valence-corrected chi connectivity index (χ3v) is 2.87. The van der Waals surface area contributed by atoms with Crippen molar-refractivity contribution in [2.75, 3.05) is 26.0 Å². The van der Waals surface area contributed by atoms with Crippen LogP contribution in [-0.4, -0.2) is 20.3 Å². The highest BCUT2D eigenvalue weighted by Gasteiger charge is 2.16. The summed E-state index contributed by atoms with van der Waals surface area (Å²) in [6.07, 6.45) is 1.06. The molecule has 0 radical (unpaired) electrons.